The van der Waals surface area contributed by atoms with Crippen molar-refractivity contribution in [2.75, 3.05) is 20.2 Å². The highest BCUT2D eigenvalue weighted by molar-refractivity contribution is 9.10. The van der Waals surface area contributed by atoms with Gasteiger partial charge in [0.05, 0.1) is 30.1 Å². The van der Waals surface area contributed by atoms with Gasteiger partial charge in [0, 0.05) is 4.47 Å². The second-order valence-corrected chi connectivity index (χ2v) is 6.80. The monoisotopic (exact) mass is 392 g/mol. The van der Waals surface area contributed by atoms with E-state index in [9.17, 15) is 17.2 Å². The number of sulfonamides is 1. The molecule has 0 spiro atoms. The fraction of sp³-hybridized carbons (Fsp3) is 0.400. The number of halogens is 4. The zero-order chi connectivity index (χ0) is 15.6. The van der Waals surface area contributed by atoms with Crippen molar-refractivity contribution in [1.82, 2.24) is 4.72 Å². The van der Waals surface area contributed by atoms with Gasteiger partial charge in [-0.2, -0.15) is 0 Å². The van der Waals surface area contributed by atoms with Crippen molar-refractivity contribution in [3.63, 3.8) is 0 Å². The van der Waals surface area contributed by atoms with Crippen LogP contribution >= 0.6 is 27.5 Å². The molecule has 0 saturated heterocycles. The summed E-state index contributed by atoms with van der Waals surface area (Å²) < 4.78 is 56.7. The Balaban J connectivity index is 3.08. The van der Waals surface area contributed by atoms with Crippen molar-refractivity contribution < 1.29 is 21.9 Å². The number of methoxy groups -OCH3 is 1. The third kappa shape index (κ3) is 4.26. The van der Waals surface area contributed by atoms with Crippen LogP contribution in [0.15, 0.2) is 21.5 Å². The standard InChI is InChI=1S/C10H12BrClF2N2O3S/c1-19-8-2-6(11)9(3-7(8)12)20(17,18)16-5-10(13,14)4-15/h2-3,16H,4-5,15H2,1H3. The summed E-state index contributed by atoms with van der Waals surface area (Å²) in [5.41, 5.74) is 4.83. The maximum Gasteiger partial charge on any atom is 0.273 e. The van der Waals surface area contributed by atoms with E-state index >= 15 is 0 Å². The van der Waals surface area contributed by atoms with Crippen LogP contribution in [-0.2, 0) is 10.0 Å². The van der Waals surface area contributed by atoms with Crippen molar-refractivity contribution >= 4 is 37.6 Å². The zero-order valence-electron chi connectivity index (χ0n) is 10.3. The van der Waals surface area contributed by atoms with Crippen LogP contribution < -0.4 is 15.2 Å². The Kier molecular flexibility index (Phi) is 5.73. The van der Waals surface area contributed by atoms with Gasteiger partial charge >= 0.3 is 0 Å². The molecular formula is C10H12BrClF2N2O3S. The highest BCUT2D eigenvalue weighted by Crippen LogP contribution is 2.33. The number of hydrogen-bond donors (Lipinski definition) is 2. The molecule has 0 saturated carbocycles. The van der Waals surface area contributed by atoms with Gasteiger partial charge in [-0.1, -0.05) is 11.6 Å². The Bertz CT molecular complexity index is 598. The summed E-state index contributed by atoms with van der Waals surface area (Å²) in [5.74, 6) is -3.07. The van der Waals surface area contributed by atoms with E-state index in [1.54, 1.807) is 4.72 Å². The average Bonchev–Trinajstić information content (AvgIpc) is 2.39. The lowest BCUT2D eigenvalue weighted by atomic mass is 10.3. The number of alkyl halides is 2. The number of nitrogens with one attached hydrogen (secondary N) is 1. The molecule has 0 aliphatic rings. The van der Waals surface area contributed by atoms with Crippen LogP contribution in [0, 0.1) is 0 Å². The molecule has 10 heteroatoms. The predicted molar refractivity (Wildman–Crippen MR) is 74.9 cm³/mol. The van der Waals surface area contributed by atoms with Gasteiger partial charge in [0.1, 0.15) is 5.75 Å². The number of nitrogens with two attached hydrogens (primary N) is 1. The number of benzene rings is 1. The van der Waals surface area contributed by atoms with E-state index in [4.69, 9.17) is 22.1 Å². The van der Waals surface area contributed by atoms with Crippen LogP contribution in [-0.4, -0.2) is 34.5 Å². The maximum absolute atomic E-state index is 13.0. The highest BCUT2D eigenvalue weighted by atomic mass is 79.9. The van der Waals surface area contributed by atoms with E-state index in [2.05, 4.69) is 15.9 Å². The third-order valence-corrected chi connectivity index (χ3v) is 4.97. The molecule has 3 N–H and O–H groups in total. The molecule has 0 atom stereocenters. The molecule has 0 radical (unpaired) electrons. The van der Waals surface area contributed by atoms with E-state index in [1.807, 2.05) is 0 Å². The van der Waals surface area contributed by atoms with Crippen LogP contribution in [0.4, 0.5) is 8.78 Å². The molecular weight excluding hydrogens is 382 g/mol. The van der Waals surface area contributed by atoms with E-state index in [0.717, 1.165) is 6.07 Å². The number of hydrogen-bond acceptors (Lipinski definition) is 4. The highest BCUT2D eigenvalue weighted by Gasteiger charge is 2.30. The molecule has 0 aliphatic carbocycles. The SMILES string of the molecule is COc1cc(Br)c(S(=O)(=O)NCC(F)(F)CN)cc1Cl. The number of ether oxygens (including phenoxy) is 1. The first-order valence-electron chi connectivity index (χ1n) is 5.23. The first kappa shape index (κ1) is 17.6. The fourth-order valence-electron chi connectivity index (χ4n) is 1.22. The largest absolute Gasteiger partial charge is 0.495 e. The summed E-state index contributed by atoms with van der Waals surface area (Å²) in [6.07, 6.45) is 0. The summed E-state index contributed by atoms with van der Waals surface area (Å²) in [7, 11) is -2.79. The molecule has 0 unspecified atom stereocenters. The minimum atomic E-state index is -4.15. The fourth-order valence-corrected chi connectivity index (χ4v) is 3.64. The van der Waals surface area contributed by atoms with Crippen molar-refractivity contribution in [1.29, 1.82) is 0 Å². The Morgan fingerprint density at radius 2 is 2.10 bits per heavy atom. The van der Waals surface area contributed by atoms with Crippen molar-refractivity contribution in [2.24, 2.45) is 5.73 Å². The molecule has 0 aromatic heterocycles. The molecule has 0 aliphatic heterocycles. The van der Waals surface area contributed by atoms with Crippen molar-refractivity contribution in [2.45, 2.75) is 10.8 Å². The lowest BCUT2D eigenvalue weighted by Gasteiger charge is -2.16. The molecule has 1 aromatic rings. The van der Waals surface area contributed by atoms with Crippen molar-refractivity contribution in [3.05, 3.63) is 21.6 Å². The van der Waals surface area contributed by atoms with Gasteiger partial charge in [-0.15, -0.1) is 0 Å². The lowest BCUT2D eigenvalue weighted by Crippen LogP contribution is -2.41. The normalized spacial score (nSPS) is 12.5. The summed E-state index contributed by atoms with van der Waals surface area (Å²) >= 11 is 8.84. The second-order valence-electron chi connectivity index (χ2n) is 3.80. The van der Waals surface area contributed by atoms with Crippen LogP contribution in [0.1, 0.15) is 0 Å². The first-order valence-corrected chi connectivity index (χ1v) is 7.89. The van der Waals surface area contributed by atoms with Crippen LogP contribution in [0.3, 0.4) is 0 Å². The molecule has 0 amide bonds. The van der Waals surface area contributed by atoms with Gasteiger partial charge in [-0.25, -0.2) is 21.9 Å². The Hall–Kier alpha value is -0.480. The van der Waals surface area contributed by atoms with Gasteiger partial charge in [0.25, 0.3) is 5.92 Å². The van der Waals surface area contributed by atoms with E-state index in [0.29, 0.717) is 0 Å². The second kappa shape index (κ2) is 6.52. The smallest absolute Gasteiger partial charge is 0.273 e. The Morgan fingerprint density at radius 1 is 1.50 bits per heavy atom. The van der Waals surface area contributed by atoms with Gasteiger partial charge in [-0.3, -0.25) is 0 Å². The molecule has 1 aromatic carbocycles. The molecule has 0 heterocycles. The lowest BCUT2D eigenvalue weighted by molar-refractivity contribution is 0.0170. The summed E-state index contributed by atoms with van der Waals surface area (Å²) in [6.45, 7) is -2.05. The molecule has 114 valence electrons. The molecule has 0 fully saturated rings. The zero-order valence-corrected chi connectivity index (χ0v) is 13.4. The summed E-state index contributed by atoms with van der Waals surface area (Å²) in [5, 5.41) is 0.0432. The minimum absolute atomic E-state index is 0.0432. The van der Waals surface area contributed by atoms with E-state index in [-0.39, 0.29) is 20.1 Å². The third-order valence-electron chi connectivity index (χ3n) is 2.32. The van der Waals surface area contributed by atoms with Crippen molar-refractivity contribution in [3.8, 4) is 5.75 Å². The first-order chi connectivity index (χ1) is 9.13. The van der Waals surface area contributed by atoms with E-state index < -0.39 is 29.0 Å². The average molecular weight is 394 g/mol. The predicted octanol–water partition coefficient (Wildman–Crippen LogP) is 1.98. The molecule has 20 heavy (non-hydrogen) atoms. The summed E-state index contributed by atoms with van der Waals surface area (Å²) in [6, 6.07) is 2.44. The van der Waals surface area contributed by atoms with Gasteiger partial charge < -0.3 is 10.5 Å². The van der Waals surface area contributed by atoms with Crippen LogP contribution in [0.25, 0.3) is 0 Å². The molecule has 5 nitrogen and oxygen atoms in total. The topological polar surface area (TPSA) is 81.4 Å². The minimum Gasteiger partial charge on any atom is -0.495 e. The quantitative estimate of drug-likeness (QED) is 0.774. The van der Waals surface area contributed by atoms with Gasteiger partial charge in [0.15, 0.2) is 0 Å². The Labute approximate surface area is 128 Å². The summed E-state index contributed by atoms with van der Waals surface area (Å²) in [4.78, 5) is -0.267. The molecule has 1 rings (SSSR count). The number of rotatable bonds is 6. The molecule has 0 bridgehead atoms. The Morgan fingerprint density at radius 3 is 2.60 bits per heavy atom. The van der Waals surface area contributed by atoms with Crippen LogP contribution in [0.2, 0.25) is 5.02 Å². The van der Waals surface area contributed by atoms with Gasteiger partial charge in [-0.05, 0) is 28.1 Å². The maximum atomic E-state index is 13.0. The van der Waals surface area contributed by atoms with E-state index in [1.165, 1.54) is 13.2 Å². The van der Waals surface area contributed by atoms with Gasteiger partial charge in [0.2, 0.25) is 10.0 Å². The van der Waals surface area contributed by atoms with Crippen LogP contribution in [0.5, 0.6) is 5.75 Å².